The Hall–Kier alpha value is -2.73. The zero-order chi connectivity index (χ0) is 18.2. The fourth-order valence-corrected chi connectivity index (χ4v) is 4.31. The number of pyridine rings is 1. The quantitative estimate of drug-likeness (QED) is 0.672. The second-order valence-electron chi connectivity index (χ2n) is 7.30. The zero-order valence-electron chi connectivity index (χ0n) is 15.2. The smallest absolute Gasteiger partial charge is 0.210 e. The molecule has 4 heterocycles. The van der Waals surface area contributed by atoms with Crippen molar-refractivity contribution in [3.63, 3.8) is 0 Å². The molecule has 0 saturated carbocycles. The Morgan fingerprint density at radius 2 is 2.00 bits per heavy atom. The van der Waals surface area contributed by atoms with Gasteiger partial charge in [0.15, 0.2) is 0 Å². The molecule has 0 N–H and O–H groups in total. The number of fused-ring (bicyclic) bond motifs is 2. The van der Waals surface area contributed by atoms with Crippen LogP contribution in [0.1, 0.15) is 30.1 Å². The van der Waals surface area contributed by atoms with Gasteiger partial charge in [-0.05, 0) is 18.2 Å². The van der Waals surface area contributed by atoms with E-state index in [1.807, 2.05) is 29.4 Å². The number of benzene rings is 1. The van der Waals surface area contributed by atoms with Gasteiger partial charge in [0.2, 0.25) is 6.41 Å². The van der Waals surface area contributed by atoms with Crippen LogP contribution in [0, 0.1) is 0 Å². The third-order valence-electron chi connectivity index (χ3n) is 5.72. The van der Waals surface area contributed by atoms with Crippen LogP contribution in [-0.2, 0) is 22.5 Å². The van der Waals surface area contributed by atoms with Gasteiger partial charge in [-0.2, -0.15) is 5.10 Å². The molecule has 6 heteroatoms. The molecule has 0 spiro atoms. The van der Waals surface area contributed by atoms with Crippen LogP contribution in [0.3, 0.4) is 0 Å². The van der Waals surface area contributed by atoms with Crippen LogP contribution >= 0.6 is 0 Å². The van der Waals surface area contributed by atoms with Crippen molar-refractivity contribution in [3.8, 4) is 11.3 Å². The Labute approximate surface area is 157 Å². The highest BCUT2D eigenvalue weighted by atomic mass is 16.5. The zero-order valence-corrected chi connectivity index (χ0v) is 15.2. The number of nitrogens with zero attached hydrogens (tertiary/aromatic N) is 4. The van der Waals surface area contributed by atoms with E-state index in [0.717, 1.165) is 73.0 Å². The molecule has 2 aliphatic heterocycles. The normalized spacial score (nSPS) is 17.9. The van der Waals surface area contributed by atoms with Crippen molar-refractivity contribution in [1.29, 1.82) is 0 Å². The number of aromatic nitrogens is 3. The minimum Gasteiger partial charge on any atom is -0.381 e. The van der Waals surface area contributed by atoms with Crippen molar-refractivity contribution in [2.24, 2.45) is 0 Å². The largest absolute Gasteiger partial charge is 0.381 e. The van der Waals surface area contributed by atoms with Crippen molar-refractivity contribution >= 4 is 17.2 Å². The molecule has 0 bridgehead atoms. The van der Waals surface area contributed by atoms with Gasteiger partial charge in [-0.25, -0.2) is 0 Å². The molecule has 5 rings (SSSR count). The minimum atomic E-state index is 0.368. The van der Waals surface area contributed by atoms with Crippen molar-refractivity contribution in [1.82, 2.24) is 19.7 Å². The molecule has 1 amide bonds. The number of carbonyl (C=O) groups is 1. The molecule has 6 nitrogen and oxygen atoms in total. The van der Waals surface area contributed by atoms with Crippen LogP contribution in [0.2, 0.25) is 0 Å². The van der Waals surface area contributed by atoms with Gasteiger partial charge >= 0.3 is 0 Å². The van der Waals surface area contributed by atoms with Crippen molar-refractivity contribution in [3.05, 3.63) is 47.9 Å². The predicted octanol–water partition coefficient (Wildman–Crippen LogP) is 2.96. The van der Waals surface area contributed by atoms with Gasteiger partial charge in [0, 0.05) is 67.3 Å². The Kier molecular flexibility index (Phi) is 4.13. The molecular weight excluding hydrogens is 340 g/mol. The predicted molar refractivity (Wildman–Crippen MR) is 102 cm³/mol. The molecule has 1 saturated heterocycles. The van der Waals surface area contributed by atoms with Crippen LogP contribution < -0.4 is 0 Å². The molecule has 2 aromatic heterocycles. The van der Waals surface area contributed by atoms with Crippen molar-refractivity contribution < 1.29 is 9.53 Å². The molecule has 0 unspecified atom stereocenters. The fourth-order valence-electron chi connectivity index (χ4n) is 4.31. The molecule has 0 aliphatic carbocycles. The summed E-state index contributed by atoms with van der Waals surface area (Å²) in [6, 6.07) is 8.63. The Morgan fingerprint density at radius 3 is 2.85 bits per heavy atom. The summed E-state index contributed by atoms with van der Waals surface area (Å²) in [5.74, 6) is 0. The number of ether oxygens (including phenoxy) is 1. The summed E-state index contributed by atoms with van der Waals surface area (Å²) in [5, 5.41) is 7.34. The Morgan fingerprint density at radius 1 is 1.15 bits per heavy atom. The molecule has 2 aliphatic rings. The van der Waals surface area contributed by atoms with E-state index < -0.39 is 0 Å². The van der Waals surface area contributed by atoms with E-state index in [1.54, 1.807) is 0 Å². The molecule has 1 fully saturated rings. The minimum absolute atomic E-state index is 0.368. The molecule has 3 aromatic rings. The maximum atomic E-state index is 11.4. The third kappa shape index (κ3) is 2.80. The summed E-state index contributed by atoms with van der Waals surface area (Å²) in [6.07, 6.45) is 7.55. The van der Waals surface area contributed by atoms with Gasteiger partial charge in [0.05, 0.1) is 11.7 Å². The highest BCUT2D eigenvalue weighted by molar-refractivity contribution is 5.95. The first-order valence-corrected chi connectivity index (χ1v) is 9.55. The second kappa shape index (κ2) is 6.78. The summed E-state index contributed by atoms with van der Waals surface area (Å²) in [6.45, 7) is 2.93. The number of amides is 1. The van der Waals surface area contributed by atoms with Gasteiger partial charge in [-0.1, -0.05) is 24.3 Å². The van der Waals surface area contributed by atoms with Gasteiger partial charge in [0.25, 0.3) is 0 Å². The average Bonchev–Trinajstić information content (AvgIpc) is 3.12. The summed E-state index contributed by atoms with van der Waals surface area (Å²) in [5.41, 5.74) is 4.44. The first kappa shape index (κ1) is 16.4. The highest BCUT2D eigenvalue weighted by Crippen LogP contribution is 2.36. The van der Waals surface area contributed by atoms with Gasteiger partial charge in [-0.15, -0.1) is 0 Å². The second-order valence-corrected chi connectivity index (χ2v) is 7.30. The van der Waals surface area contributed by atoms with Crippen LogP contribution in [0.4, 0.5) is 0 Å². The summed E-state index contributed by atoms with van der Waals surface area (Å²) >= 11 is 0. The van der Waals surface area contributed by atoms with E-state index in [4.69, 9.17) is 9.84 Å². The van der Waals surface area contributed by atoms with E-state index in [9.17, 15) is 4.79 Å². The van der Waals surface area contributed by atoms with Crippen molar-refractivity contribution in [2.45, 2.75) is 31.8 Å². The molecule has 27 heavy (non-hydrogen) atoms. The SMILES string of the molecule is O=CN1CCc2c(c(-c3cncc4ccccc34)nn2C2CCOCC2)C1. The summed E-state index contributed by atoms with van der Waals surface area (Å²) in [7, 11) is 0. The topological polar surface area (TPSA) is 60.2 Å². The summed E-state index contributed by atoms with van der Waals surface area (Å²) in [4.78, 5) is 17.7. The van der Waals surface area contributed by atoms with Crippen LogP contribution in [0.25, 0.3) is 22.0 Å². The molecule has 138 valence electrons. The van der Waals surface area contributed by atoms with Crippen molar-refractivity contribution in [2.75, 3.05) is 19.8 Å². The first-order chi connectivity index (χ1) is 13.3. The summed E-state index contributed by atoms with van der Waals surface area (Å²) < 4.78 is 7.76. The number of hydrogen-bond acceptors (Lipinski definition) is 4. The number of hydrogen-bond donors (Lipinski definition) is 0. The molecule has 1 aromatic carbocycles. The maximum Gasteiger partial charge on any atom is 0.210 e. The van der Waals surface area contributed by atoms with E-state index in [2.05, 4.69) is 21.8 Å². The van der Waals surface area contributed by atoms with E-state index >= 15 is 0 Å². The standard InChI is InChI=1S/C21H22N4O2/c26-14-24-8-5-20-19(13-24)21(23-25(20)16-6-9-27-10-7-16)18-12-22-11-15-3-1-2-4-17(15)18/h1-4,11-12,14,16H,5-10,13H2. The first-order valence-electron chi connectivity index (χ1n) is 9.55. The van der Waals surface area contributed by atoms with Gasteiger partial charge in [0.1, 0.15) is 0 Å². The molecule has 0 radical (unpaired) electrons. The van der Waals surface area contributed by atoms with Crippen LogP contribution in [-0.4, -0.2) is 45.8 Å². The lowest BCUT2D eigenvalue weighted by Gasteiger charge is -2.28. The lowest BCUT2D eigenvalue weighted by Crippen LogP contribution is -2.31. The fraction of sp³-hybridized carbons (Fsp3) is 0.381. The highest BCUT2D eigenvalue weighted by Gasteiger charge is 2.29. The van der Waals surface area contributed by atoms with E-state index in [-0.39, 0.29) is 0 Å². The Balaban J connectivity index is 1.69. The monoisotopic (exact) mass is 362 g/mol. The number of carbonyl (C=O) groups excluding carboxylic acids is 1. The van der Waals surface area contributed by atoms with Crippen LogP contribution in [0.5, 0.6) is 0 Å². The lowest BCUT2D eigenvalue weighted by atomic mass is 9.98. The average molecular weight is 362 g/mol. The maximum absolute atomic E-state index is 11.4. The van der Waals surface area contributed by atoms with Gasteiger partial charge in [-0.3, -0.25) is 14.5 Å². The molecular formula is C21H22N4O2. The van der Waals surface area contributed by atoms with Crippen LogP contribution in [0.15, 0.2) is 36.7 Å². The van der Waals surface area contributed by atoms with E-state index in [1.165, 1.54) is 5.69 Å². The number of rotatable bonds is 3. The lowest BCUT2D eigenvalue weighted by molar-refractivity contribution is -0.118. The van der Waals surface area contributed by atoms with Gasteiger partial charge < -0.3 is 9.64 Å². The Bertz CT molecular complexity index is 986. The van der Waals surface area contributed by atoms with E-state index in [0.29, 0.717) is 12.6 Å². The molecule has 0 atom stereocenters. The third-order valence-corrected chi connectivity index (χ3v) is 5.72.